The van der Waals surface area contributed by atoms with Crippen molar-refractivity contribution in [2.45, 2.75) is 0 Å². The summed E-state index contributed by atoms with van der Waals surface area (Å²) in [5.41, 5.74) is 4.94. The van der Waals surface area contributed by atoms with E-state index in [1.165, 1.54) is 0 Å². The van der Waals surface area contributed by atoms with Gasteiger partial charge in [0.25, 0.3) is 0 Å². The molecule has 1 aromatic rings. The smallest absolute Gasteiger partial charge is 0.340 e. The lowest BCUT2D eigenvalue weighted by Gasteiger charge is -2.06. The lowest BCUT2D eigenvalue weighted by Crippen LogP contribution is -2.08. The van der Waals surface area contributed by atoms with Gasteiger partial charge in [0, 0.05) is 5.69 Å². The molecule has 6 heteroatoms. The van der Waals surface area contributed by atoms with Crippen molar-refractivity contribution in [1.29, 1.82) is 0 Å². The fraction of sp³-hybridized carbons (Fsp3) is 0.111. The van der Waals surface area contributed by atoms with E-state index in [1.54, 1.807) is 0 Å². The van der Waals surface area contributed by atoms with Crippen LogP contribution in [0, 0.1) is 0 Å². The number of phenols is 1. The molecule has 1 aromatic carbocycles. The number of methoxy groups -OCH3 is 1. The SMILES string of the molecule is COC(=O)c1cc(O)c(C(=O)O)cc1N. The van der Waals surface area contributed by atoms with Gasteiger partial charge in [0.05, 0.1) is 12.7 Å². The number of hydrogen-bond donors (Lipinski definition) is 3. The first kappa shape index (κ1) is 10.8. The van der Waals surface area contributed by atoms with Crippen LogP contribution in [0.3, 0.4) is 0 Å². The van der Waals surface area contributed by atoms with Crippen molar-refractivity contribution < 1.29 is 24.5 Å². The fourth-order valence-electron chi connectivity index (χ4n) is 1.06. The first-order chi connectivity index (χ1) is 6.97. The molecule has 1 rings (SSSR count). The zero-order valence-corrected chi connectivity index (χ0v) is 7.85. The van der Waals surface area contributed by atoms with Crippen molar-refractivity contribution in [3.05, 3.63) is 23.3 Å². The van der Waals surface area contributed by atoms with E-state index in [0.717, 1.165) is 19.2 Å². The Morgan fingerprint density at radius 2 is 1.93 bits per heavy atom. The number of ether oxygens (including phenoxy) is 1. The van der Waals surface area contributed by atoms with E-state index in [9.17, 15) is 14.7 Å². The van der Waals surface area contributed by atoms with Gasteiger partial charge in [-0.15, -0.1) is 0 Å². The molecule has 0 heterocycles. The highest BCUT2D eigenvalue weighted by Crippen LogP contribution is 2.24. The summed E-state index contributed by atoms with van der Waals surface area (Å²) >= 11 is 0. The van der Waals surface area contributed by atoms with Crippen LogP contribution in [0.5, 0.6) is 5.75 Å². The molecule has 0 fully saturated rings. The predicted octanol–water partition coefficient (Wildman–Crippen LogP) is 0.459. The third-order valence-electron chi connectivity index (χ3n) is 1.80. The van der Waals surface area contributed by atoms with Gasteiger partial charge in [-0.1, -0.05) is 0 Å². The molecule has 0 saturated heterocycles. The number of aromatic carboxylic acids is 1. The molecule has 0 aliphatic carbocycles. The maximum absolute atomic E-state index is 11.1. The number of nitrogens with two attached hydrogens (primary N) is 1. The summed E-state index contributed by atoms with van der Waals surface area (Å²) in [6, 6.07) is 1.97. The summed E-state index contributed by atoms with van der Waals surface area (Å²) in [6.07, 6.45) is 0. The quantitative estimate of drug-likeness (QED) is 0.372. The van der Waals surface area contributed by atoms with Crippen LogP contribution in [-0.2, 0) is 4.74 Å². The number of anilines is 1. The predicted molar refractivity (Wildman–Crippen MR) is 50.8 cm³/mol. The normalized spacial score (nSPS) is 9.67. The van der Waals surface area contributed by atoms with Gasteiger partial charge in [-0.25, -0.2) is 9.59 Å². The van der Waals surface area contributed by atoms with Crippen molar-refractivity contribution >= 4 is 17.6 Å². The van der Waals surface area contributed by atoms with Gasteiger partial charge in [-0.3, -0.25) is 0 Å². The Labute approximate surface area is 84.9 Å². The Morgan fingerprint density at radius 1 is 1.33 bits per heavy atom. The Kier molecular flexibility index (Phi) is 2.80. The molecule has 0 unspecified atom stereocenters. The van der Waals surface area contributed by atoms with Crippen molar-refractivity contribution in [1.82, 2.24) is 0 Å². The van der Waals surface area contributed by atoms with Gasteiger partial charge in [-0.2, -0.15) is 0 Å². The summed E-state index contributed by atoms with van der Waals surface area (Å²) in [5.74, 6) is -2.59. The lowest BCUT2D eigenvalue weighted by molar-refractivity contribution is 0.0599. The standard InChI is InChI=1S/C9H9NO5/c1-15-9(14)4-3-7(11)5(8(12)13)2-6(4)10/h2-3,11H,10H2,1H3,(H,12,13). The minimum atomic E-state index is -1.32. The zero-order chi connectivity index (χ0) is 11.6. The van der Waals surface area contributed by atoms with Crippen LogP contribution >= 0.6 is 0 Å². The van der Waals surface area contributed by atoms with Gasteiger partial charge >= 0.3 is 11.9 Å². The Hall–Kier alpha value is -2.24. The number of hydrogen-bond acceptors (Lipinski definition) is 5. The maximum Gasteiger partial charge on any atom is 0.340 e. The third kappa shape index (κ3) is 1.98. The molecule has 0 aliphatic heterocycles. The second kappa shape index (κ2) is 3.87. The molecule has 80 valence electrons. The largest absolute Gasteiger partial charge is 0.507 e. The number of carboxylic acids is 1. The van der Waals surface area contributed by atoms with Gasteiger partial charge in [0.15, 0.2) is 0 Å². The van der Waals surface area contributed by atoms with Crippen molar-refractivity contribution in [3.63, 3.8) is 0 Å². The Morgan fingerprint density at radius 3 is 2.40 bits per heavy atom. The molecule has 0 atom stereocenters. The van der Waals surface area contributed by atoms with E-state index >= 15 is 0 Å². The average Bonchev–Trinajstić information content (AvgIpc) is 2.19. The zero-order valence-electron chi connectivity index (χ0n) is 7.85. The average molecular weight is 211 g/mol. The van der Waals surface area contributed by atoms with Gasteiger partial charge in [0.2, 0.25) is 0 Å². The van der Waals surface area contributed by atoms with E-state index in [1.807, 2.05) is 0 Å². The highest BCUT2D eigenvalue weighted by Gasteiger charge is 2.17. The summed E-state index contributed by atoms with van der Waals surface area (Å²) in [4.78, 5) is 21.7. The fourth-order valence-corrected chi connectivity index (χ4v) is 1.06. The van der Waals surface area contributed by atoms with E-state index < -0.39 is 17.7 Å². The number of esters is 1. The highest BCUT2D eigenvalue weighted by atomic mass is 16.5. The molecule has 0 aromatic heterocycles. The molecule has 4 N–H and O–H groups in total. The van der Waals surface area contributed by atoms with Crippen molar-refractivity contribution in [2.75, 3.05) is 12.8 Å². The van der Waals surface area contributed by atoms with Crippen LogP contribution < -0.4 is 5.73 Å². The molecule has 0 amide bonds. The first-order valence-corrected chi connectivity index (χ1v) is 3.91. The highest BCUT2D eigenvalue weighted by molar-refractivity contribution is 5.99. The van der Waals surface area contributed by atoms with Gasteiger partial charge in [-0.05, 0) is 12.1 Å². The lowest BCUT2D eigenvalue weighted by atomic mass is 10.1. The van der Waals surface area contributed by atoms with Crippen LogP contribution in [0.2, 0.25) is 0 Å². The maximum atomic E-state index is 11.1. The molecule has 6 nitrogen and oxygen atoms in total. The summed E-state index contributed by atoms with van der Waals surface area (Å²) in [7, 11) is 1.16. The molecule has 0 radical (unpaired) electrons. The Bertz CT molecular complexity index is 427. The van der Waals surface area contributed by atoms with Crippen LogP contribution in [0.15, 0.2) is 12.1 Å². The molecule has 0 bridgehead atoms. The van der Waals surface area contributed by atoms with Crippen LogP contribution in [0.25, 0.3) is 0 Å². The molecule has 0 aliphatic rings. The van der Waals surface area contributed by atoms with Crippen molar-refractivity contribution in [3.8, 4) is 5.75 Å². The third-order valence-corrected chi connectivity index (χ3v) is 1.80. The van der Waals surface area contributed by atoms with E-state index in [4.69, 9.17) is 10.8 Å². The van der Waals surface area contributed by atoms with Crippen molar-refractivity contribution in [2.24, 2.45) is 0 Å². The summed E-state index contributed by atoms with van der Waals surface area (Å²) < 4.78 is 4.39. The molecular formula is C9H9NO5. The number of carbonyl (C=O) groups excluding carboxylic acids is 1. The number of rotatable bonds is 2. The first-order valence-electron chi connectivity index (χ1n) is 3.91. The van der Waals surface area contributed by atoms with Crippen LogP contribution in [0.1, 0.15) is 20.7 Å². The second-order valence-corrected chi connectivity index (χ2v) is 2.75. The monoisotopic (exact) mass is 211 g/mol. The second-order valence-electron chi connectivity index (χ2n) is 2.75. The molecule has 0 saturated carbocycles. The minimum Gasteiger partial charge on any atom is -0.507 e. The van der Waals surface area contributed by atoms with E-state index in [2.05, 4.69) is 4.74 Å². The minimum absolute atomic E-state index is 0.0583. The molecule has 15 heavy (non-hydrogen) atoms. The Balaban J connectivity index is 3.31. The number of nitrogen functional groups attached to an aromatic ring is 1. The van der Waals surface area contributed by atoms with Gasteiger partial charge < -0.3 is 20.7 Å². The number of aromatic hydroxyl groups is 1. The summed E-state index contributed by atoms with van der Waals surface area (Å²) in [5, 5.41) is 17.9. The number of benzene rings is 1. The molecule has 0 spiro atoms. The summed E-state index contributed by atoms with van der Waals surface area (Å²) in [6.45, 7) is 0. The van der Waals surface area contributed by atoms with E-state index in [0.29, 0.717) is 0 Å². The topological polar surface area (TPSA) is 110 Å². The number of carbonyl (C=O) groups is 2. The van der Waals surface area contributed by atoms with Crippen LogP contribution in [-0.4, -0.2) is 29.3 Å². The molecular weight excluding hydrogens is 202 g/mol. The number of carboxylic acid groups (broad SMARTS) is 1. The van der Waals surface area contributed by atoms with E-state index in [-0.39, 0.29) is 16.8 Å². The van der Waals surface area contributed by atoms with Gasteiger partial charge in [0.1, 0.15) is 11.3 Å². The van der Waals surface area contributed by atoms with Crippen LogP contribution in [0.4, 0.5) is 5.69 Å².